The molecule has 0 aliphatic carbocycles. The number of benzene rings is 1. The Balaban J connectivity index is 2.35. The molecular weight excluding hydrogens is 172 g/mol. The van der Waals surface area contributed by atoms with Crippen LogP contribution in [0.2, 0.25) is 0 Å². The van der Waals surface area contributed by atoms with Gasteiger partial charge >= 0.3 is 0 Å². The molecule has 0 aliphatic rings. The van der Waals surface area contributed by atoms with Crippen molar-refractivity contribution in [3.63, 3.8) is 0 Å². The topological polar surface area (TPSA) is 9.23 Å². The largest absolute Gasteiger partial charge is 0.493 e. The van der Waals surface area contributed by atoms with Gasteiger partial charge in [-0.25, -0.2) is 0 Å². The van der Waals surface area contributed by atoms with Gasteiger partial charge in [0.15, 0.2) is 0 Å². The van der Waals surface area contributed by atoms with Crippen LogP contribution in [-0.2, 0) is 0 Å². The van der Waals surface area contributed by atoms with E-state index < -0.39 is 0 Å². The Morgan fingerprint density at radius 1 is 1.29 bits per heavy atom. The highest BCUT2D eigenvalue weighted by molar-refractivity contribution is 5.31. The Hall–Kier alpha value is -0.980. The molecule has 14 heavy (non-hydrogen) atoms. The van der Waals surface area contributed by atoms with Crippen molar-refractivity contribution in [3.8, 4) is 5.75 Å². The van der Waals surface area contributed by atoms with Gasteiger partial charge in [-0.05, 0) is 30.9 Å². The van der Waals surface area contributed by atoms with Crippen LogP contribution < -0.4 is 4.74 Å². The molecular formula is C13H20O. The van der Waals surface area contributed by atoms with Crippen LogP contribution >= 0.6 is 0 Å². The summed E-state index contributed by atoms with van der Waals surface area (Å²) in [5.74, 6) is 1.79. The van der Waals surface area contributed by atoms with E-state index in [0.717, 1.165) is 24.7 Å². The van der Waals surface area contributed by atoms with E-state index in [1.165, 1.54) is 12.0 Å². The summed E-state index contributed by atoms with van der Waals surface area (Å²) in [6, 6.07) is 8.17. The molecule has 1 rings (SSSR count). The molecule has 0 radical (unpaired) electrons. The molecule has 1 aromatic rings. The van der Waals surface area contributed by atoms with Gasteiger partial charge in [0.1, 0.15) is 5.75 Å². The van der Waals surface area contributed by atoms with E-state index >= 15 is 0 Å². The predicted octanol–water partition coefficient (Wildman–Crippen LogP) is 3.81. The third kappa shape index (κ3) is 3.41. The van der Waals surface area contributed by atoms with E-state index in [4.69, 9.17) is 4.74 Å². The van der Waals surface area contributed by atoms with Crippen LogP contribution in [0, 0.1) is 12.8 Å². The Labute approximate surface area is 87.1 Å². The van der Waals surface area contributed by atoms with Crippen LogP contribution in [0.25, 0.3) is 0 Å². The normalized spacial score (nSPS) is 12.5. The minimum atomic E-state index is 0.763. The van der Waals surface area contributed by atoms with E-state index in [1.807, 2.05) is 18.2 Å². The standard InChI is InChI=1S/C13H20O/c1-4-11(2)9-10-14-13-8-6-5-7-12(13)3/h5-8,11H,4,9-10H2,1-3H3. The van der Waals surface area contributed by atoms with Gasteiger partial charge in [-0.1, -0.05) is 38.5 Å². The number of aryl methyl sites for hydroxylation is 1. The average molecular weight is 192 g/mol. The lowest BCUT2D eigenvalue weighted by atomic mass is 10.1. The molecule has 1 nitrogen and oxygen atoms in total. The maximum Gasteiger partial charge on any atom is 0.122 e. The summed E-state index contributed by atoms with van der Waals surface area (Å²) < 4.78 is 5.71. The first-order chi connectivity index (χ1) is 6.74. The van der Waals surface area contributed by atoms with E-state index in [2.05, 4.69) is 26.8 Å². The lowest BCUT2D eigenvalue weighted by Gasteiger charge is -2.11. The van der Waals surface area contributed by atoms with Crippen molar-refractivity contribution in [2.45, 2.75) is 33.6 Å². The predicted molar refractivity (Wildman–Crippen MR) is 60.7 cm³/mol. The Morgan fingerprint density at radius 3 is 2.64 bits per heavy atom. The molecule has 78 valence electrons. The van der Waals surface area contributed by atoms with Crippen LogP contribution in [0.4, 0.5) is 0 Å². The molecule has 0 spiro atoms. The smallest absolute Gasteiger partial charge is 0.122 e. The van der Waals surface area contributed by atoms with E-state index in [1.54, 1.807) is 0 Å². The maximum atomic E-state index is 5.71. The van der Waals surface area contributed by atoms with Gasteiger partial charge in [-0.15, -0.1) is 0 Å². The minimum absolute atomic E-state index is 0.763. The lowest BCUT2D eigenvalue weighted by Crippen LogP contribution is -2.03. The van der Waals surface area contributed by atoms with Gasteiger partial charge in [0.2, 0.25) is 0 Å². The fourth-order valence-electron chi connectivity index (χ4n) is 1.29. The van der Waals surface area contributed by atoms with Gasteiger partial charge in [0, 0.05) is 0 Å². The van der Waals surface area contributed by atoms with Crippen molar-refractivity contribution in [2.24, 2.45) is 5.92 Å². The van der Waals surface area contributed by atoms with E-state index in [-0.39, 0.29) is 0 Å². The van der Waals surface area contributed by atoms with Crippen molar-refractivity contribution >= 4 is 0 Å². The molecule has 1 aromatic carbocycles. The highest BCUT2D eigenvalue weighted by Crippen LogP contribution is 2.17. The van der Waals surface area contributed by atoms with Gasteiger partial charge in [0.25, 0.3) is 0 Å². The monoisotopic (exact) mass is 192 g/mol. The number of hydrogen-bond acceptors (Lipinski definition) is 1. The van der Waals surface area contributed by atoms with Crippen molar-refractivity contribution < 1.29 is 4.74 Å². The summed E-state index contributed by atoms with van der Waals surface area (Å²) in [7, 11) is 0. The summed E-state index contributed by atoms with van der Waals surface area (Å²) in [4.78, 5) is 0. The van der Waals surface area contributed by atoms with Gasteiger partial charge < -0.3 is 4.74 Å². The van der Waals surface area contributed by atoms with Crippen LogP contribution in [-0.4, -0.2) is 6.61 Å². The van der Waals surface area contributed by atoms with Crippen LogP contribution in [0.15, 0.2) is 24.3 Å². The zero-order chi connectivity index (χ0) is 10.4. The van der Waals surface area contributed by atoms with E-state index in [9.17, 15) is 0 Å². The van der Waals surface area contributed by atoms with Crippen molar-refractivity contribution in [3.05, 3.63) is 29.8 Å². The summed E-state index contributed by atoms with van der Waals surface area (Å²) in [6.07, 6.45) is 2.38. The molecule has 0 bridgehead atoms. The van der Waals surface area contributed by atoms with Gasteiger partial charge in [-0.3, -0.25) is 0 Å². The first-order valence-corrected chi connectivity index (χ1v) is 5.42. The highest BCUT2D eigenvalue weighted by Gasteiger charge is 2.00. The zero-order valence-corrected chi connectivity index (χ0v) is 9.42. The molecule has 1 unspecified atom stereocenters. The summed E-state index contributed by atoms with van der Waals surface area (Å²) in [5.41, 5.74) is 1.22. The fraction of sp³-hybridized carbons (Fsp3) is 0.538. The number of hydrogen-bond donors (Lipinski definition) is 0. The van der Waals surface area contributed by atoms with Crippen molar-refractivity contribution in [1.82, 2.24) is 0 Å². The molecule has 0 saturated heterocycles. The lowest BCUT2D eigenvalue weighted by molar-refractivity contribution is 0.280. The second kappa shape index (κ2) is 5.69. The summed E-state index contributed by atoms with van der Waals surface area (Å²) in [6.45, 7) is 7.40. The minimum Gasteiger partial charge on any atom is -0.493 e. The zero-order valence-electron chi connectivity index (χ0n) is 9.42. The van der Waals surface area contributed by atoms with Gasteiger partial charge in [0.05, 0.1) is 6.61 Å². The number of rotatable bonds is 5. The summed E-state index contributed by atoms with van der Waals surface area (Å²) in [5, 5.41) is 0. The molecule has 0 saturated carbocycles. The molecule has 0 heterocycles. The fourth-order valence-corrected chi connectivity index (χ4v) is 1.29. The number of ether oxygens (including phenoxy) is 1. The highest BCUT2D eigenvalue weighted by atomic mass is 16.5. The first-order valence-electron chi connectivity index (χ1n) is 5.42. The third-order valence-electron chi connectivity index (χ3n) is 2.66. The average Bonchev–Trinajstić information content (AvgIpc) is 2.20. The molecule has 0 aliphatic heterocycles. The maximum absolute atomic E-state index is 5.71. The van der Waals surface area contributed by atoms with E-state index in [0.29, 0.717) is 0 Å². The van der Waals surface area contributed by atoms with Crippen LogP contribution in [0.3, 0.4) is 0 Å². The second-order valence-corrected chi connectivity index (χ2v) is 3.92. The molecule has 1 heteroatoms. The third-order valence-corrected chi connectivity index (χ3v) is 2.66. The van der Waals surface area contributed by atoms with Gasteiger partial charge in [-0.2, -0.15) is 0 Å². The molecule has 0 N–H and O–H groups in total. The molecule has 1 atom stereocenters. The van der Waals surface area contributed by atoms with Crippen LogP contribution in [0.1, 0.15) is 32.3 Å². The first kappa shape index (κ1) is 11.1. The second-order valence-electron chi connectivity index (χ2n) is 3.92. The quantitative estimate of drug-likeness (QED) is 0.689. The van der Waals surface area contributed by atoms with Crippen LogP contribution in [0.5, 0.6) is 5.75 Å². The summed E-state index contributed by atoms with van der Waals surface area (Å²) >= 11 is 0. The Morgan fingerprint density at radius 2 is 2.00 bits per heavy atom. The Kier molecular flexibility index (Phi) is 4.51. The van der Waals surface area contributed by atoms with Crippen molar-refractivity contribution in [1.29, 1.82) is 0 Å². The molecule has 0 amide bonds. The van der Waals surface area contributed by atoms with Crippen molar-refractivity contribution in [2.75, 3.05) is 6.61 Å². The molecule has 0 fully saturated rings. The SMILES string of the molecule is CCC(C)CCOc1ccccc1C. The Bertz CT molecular complexity index is 268. The molecule has 0 aromatic heterocycles. The number of para-hydroxylation sites is 1.